The molecule has 0 aliphatic carbocycles. The third kappa shape index (κ3) is 1.41. The fourth-order valence-electron chi connectivity index (χ4n) is 2.03. The molecule has 2 rings (SSSR count). The predicted octanol–water partition coefficient (Wildman–Crippen LogP) is 2.13. The van der Waals surface area contributed by atoms with Crippen LogP contribution in [-0.4, -0.2) is 5.91 Å². The van der Waals surface area contributed by atoms with Gasteiger partial charge in [0.05, 0.1) is 12.0 Å². The predicted molar refractivity (Wildman–Crippen MR) is 55.7 cm³/mol. The van der Waals surface area contributed by atoms with Gasteiger partial charge < -0.3 is 5.32 Å². The molecule has 0 aromatic heterocycles. The second-order valence-corrected chi connectivity index (χ2v) is 4.17. The number of amides is 1. The van der Waals surface area contributed by atoms with Crippen LogP contribution in [0.15, 0.2) is 30.3 Å². The molecular weight excluding hydrogens is 174 g/mol. The summed E-state index contributed by atoms with van der Waals surface area (Å²) in [7, 11) is 0. The molecule has 1 aromatic carbocycles. The van der Waals surface area contributed by atoms with E-state index in [0.717, 1.165) is 0 Å². The Labute approximate surface area is 84.3 Å². The first-order valence-electron chi connectivity index (χ1n) is 5.05. The smallest absolute Gasteiger partial charge is 0.226 e. The van der Waals surface area contributed by atoms with Gasteiger partial charge in [-0.3, -0.25) is 4.79 Å². The van der Waals surface area contributed by atoms with Gasteiger partial charge in [0, 0.05) is 0 Å². The summed E-state index contributed by atoms with van der Waals surface area (Å²) in [5.74, 6) is 0.750. The number of hydrogen-bond acceptors (Lipinski definition) is 1. The van der Waals surface area contributed by atoms with E-state index >= 15 is 0 Å². The molecule has 1 N–H and O–H groups in total. The molecule has 1 saturated heterocycles. The van der Waals surface area contributed by atoms with Gasteiger partial charge >= 0.3 is 0 Å². The van der Waals surface area contributed by atoms with Gasteiger partial charge in [-0.25, -0.2) is 0 Å². The molecule has 1 amide bonds. The molecule has 14 heavy (non-hydrogen) atoms. The first kappa shape index (κ1) is 9.25. The van der Waals surface area contributed by atoms with E-state index in [1.54, 1.807) is 0 Å². The molecule has 1 heterocycles. The molecule has 0 radical (unpaired) electrons. The second kappa shape index (κ2) is 3.45. The summed E-state index contributed by atoms with van der Waals surface area (Å²) < 4.78 is 0. The summed E-state index contributed by atoms with van der Waals surface area (Å²) >= 11 is 0. The summed E-state index contributed by atoms with van der Waals surface area (Å²) in [6.45, 7) is 4.19. The maximum Gasteiger partial charge on any atom is 0.226 e. The van der Waals surface area contributed by atoms with Crippen molar-refractivity contribution in [3.63, 3.8) is 0 Å². The van der Waals surface area contributed by atoms with Crippen LogP contribution in [0.3, 0.4) is 0 Å². The highest BCUT2D eigenvalue weighted by molar-refractivity contribution is 5.86. The zero-order chi connectivity index (χ0) is 10.1. The van der Waals surface area contributed by atoms with Gasteiger partial charge in [0.15, 0.2) is 0 Å². The van der Waals surface area contributed by atoms with E-state index in [-0.39, 0.29) is 17.9 Å². The fourth-order valence-corrected chi connectivity index (χ4v) is 2.03. The molecule has 0 saturated carbocycles. The van der Waals surface area contributed by atoms with E-state index in [1.807, 2.05) is 18.2 Å². The number of carbonyl (C=O) groups is 1. The Morgan fingerprint density at radius 1 is 1.21 bits per heavy atom. The minimum Gasteiger partial charge on any atom is -0.348 e. The lowest BCUT2D eigenvalue weighted by atomic mass is 9.78. The van der Waals surface area contributed by atoms with Gasteiger partial charge in [-0.05, 0) is 11.5 Å². The second-order valence-electron chi connectivity index (χ2n) is 4.17. The summed E-state index contributed by atoms with van der Waals surface area (Å²) in [6, 6.07) is 10.4. The molecule has 74 valence electrons. The number of benzene rings is 1. The average molecular weight is 189 g/mol. The monoisotopic (exact) mass is 189 g/mol. The van der Waals surface area contributed by atoms with E-state index in [2.05, 4.69) is 31.3 Å². The van der Waals surface area contributed by atoms with Crippen molar-refractivity contribution < 1.29 is 4.79 Å². The lowest BCUT2D eigenvalue weighted by molar-refractivity contribution is -0.137. The van der Waals surface area contributed by atoms with Crippen LogP contribution < -0.4 is 5.32 Å². The van der Waals surface area contributed by atoms with Crippen LogP contribution in [0.2, 0.25) is 0 Å². The quantitative estimate of drug-likeness (QED) is 0.709. The largest absolute Gasteiger partial charge is 0.348 e. The Morgan fingerprint density at radius 3 is 2.36 bits per heavy atom. The molecule has 0 unspecified atom stereocenters. The van der Waals surface area contributed by atoms with Gasteiger partial charge in [0.2, 0.25) is 5.91 Å². The number of nitrogens with one attached hydrogen (secondary N) is 1. The highest BCUT2D eigenvalue weighted by atomic mass is 16.2. The first-order chi connectivity index (χ1) is 6.70. The Kier molecular flexibility index (Phi) is 2.28. The molecule has 1 aromatic rings. The number of β-lactam (4-membered cyclic amide) rings is 1. The van der Waals surface area contributed by atoms with Gasteiger partial charge in [-0.1, -0.05) is 44.2 Å². The van der Waals surface area contributed by atoms with Crippen LogP contribution in [0.1, 0.15) is 25.5 Å². The van der Waals surface area contributed by atoms with Crippen LogP contribution in [0.5, 0.6) is 0 Å². The molecule has 2 nitrogen and oxygen atoms in total. The van der Waals surface area contributed by atoms with Crippen molar-refractivity contribution in [1.82, 2.24) is 5.32 Å². The van der Waals surface area contributed by atoms with E-state index < -0.39 is 0 Å². The Hall–Kier alpha value is -1.31. The summed E-state index contributed by atoms with van der Waals surface area (Å²) in [6.07, 6.45) is 0. The fraction of sp³-hybridized carbons (Fsp3) is 0.417. The molecule has 1 aliphatic rings. The third-order valence-corrected chi connectivity index (χ3v) is 2.84. The van der Waals surface area contributed by atoms with Gasteiger partial charge in [-0.15, -0.1) is 0 Å². The molecule has 0 spiro atoms. The topological polar surface area (TPSA) is 29.1 Å². The molecule has 1 aliphatic heterocycles. The van der Waals surface area contributed by atoms with Crippen LogP contribution >= 0.6 is 0 Å². The van der Waals surface area contributed by atoms with Gasteiger partial charge in [0.25, 0.3) is 0 Å². The summed E-state index contributed by atoms with van der Waals surface area (Å²) in [5.41, 5.74) is 1.21. The number of carbonyl (C=O) groups excluding carboxylic acids is 1. The van der Waals surface area contributed by atoms with Crippen molar-refractivity contribution in [3.8, 4) is 0 Å². The maximum absolute atomic E-state index is 11.3. The molecule has 2 heteroatoms. The van der Waals surface area contributed by atoms with Crippen LogP contribution in [0.4, 0.5) is 0 Å². The standard InChI is InChI=1S/C12H15NO/c1-8(2)10-11(13-12(10)14)9-6-4-3-5-7-9/h3-8,10-11H,1-2H3,(H,13,14)/t10-,11+/m1/s1. The average Bonchev–Trinajstić information content (AvgIpc) is 2.14. The zero-order valence-corrected chi connectivity index (χ0v) is 8.53. The highest BCUT2D eigenvalue weighted by Gasteiger charge is 2.41. The van der Waals surface area contributed by atoms with Crippen LogP contribution in [0.25, 0.3) is 0 Å². The van der Waals surface area contributed by atoms with Crippen molar-refractivity contribution in [3.05, 3.63) is 35.9 Å². The molecule has 0 bridgehead atoms. The Bertz CT molecular complexity index is 331. The molecular formula is C12H15NO. The van der Waals surface area contributed by atoms with Gasteiger partial charge in [-0.2, -0.15) is 0 Å². The summed E-state index contributed by atoms with van der Waals surface area (Å²) in [5, 5.41) is 2.95. The molecule has 1 fully saturated rings. The third-order valence-electron chi connectivity index (χ3n) is 2.84. The first-order valence-corrected chi connectivity index (χ1v) is 5.05. The normalized spacial score (nSPS) is 25.8. The van der Waals surface area contributed by atoms with Crippen molar-refractivity contribution in [2.75, 3.05) is 0 Å². The van der Waals surface area contributed by atoms with E-state index in [0.29, 0.717) is 5.92 Å². The number of hydrogen-bond donors (Lipinski definition) is 1. The summed E-state index contributed by atoms with van der Waals surface area (Å²) in [4.78, 5) is 11.3. The van der Waals surface area contributed by atoms with Crippen LogP contribution in [-0.2, 0) is 4.79 Å². The maximum atomic E-state index is 11.3. The van der Waals surface area contributed by atoms with Crippen LogP contribution in [0, 0.1) is 11.8 Å². The van der Waals surface area contributed by atoms with E-state index in [1.165, 1.54) is 5.56 Å². The minimum atomic E-state index is 0.150. The molecule has 2 atom stereocenters. The minimum absolute atomic E-state index is 0.150. The lowest BCUT2D eigenvalue weighted by Crippen LogP contribution is -2.53. The highest BCUT2D eigenvalue weighted by Crippen LogP contribution is 2.35. The number of rotatable bonds is 2. The van der Waals surface area contributed by atoms with Crippen molar-refractivity contribution >= 4 is 5.91 Å². The zero-order valence-electron chi connectivity index (χ0n) is 8.53. The van der Waals surface area contributed by atoms with E-state index in [9.17, 15) is 4.79 Å². The Balaban J connectivity index is 2.18. The Morgan fingerprint density at radius 2 is 1.86 bits per heavy atom. The van der Waals surface area contributed by atoms with Crippen molar-refractivity contribution in [2.45, 2.75) is 19.9 Å². The lowest BCUT2D eigenvalue weighted by Gasteiger charge is -2.39. The van der Waals surface area contributed by atoms with Crippen molar-refractivity contribution in [2.24, 2.45) is 11.8 Å². The van der Waals surface area contributed by atoms with E-state index in [4.69, 9.17) is 0 Å². The van der Waals surface area contributed by atoms with Gasteiger partial charge in [0.1, 0.15) is 0 Å². The van der Waals surface area contributed by atoms with Crippen molar-refractivity contribution in [1.29, 1.82) is 0 Å². The SMILES string of the molecule is CC(C)[C@H]1C(=O)N[C@H]1c1ccccc1.